The highest BCUT2D eigenvalue weighted by atomic mass is 32.1. The van der Waals surface area contributed by atoms with Gasteiger partial charge >= 0.3 is 12.0 Å². The Bertz CT molecular complexity index is 437. The molecule has 2 amide bonds. The van der Waals surface area contributed by atoms with Crippen molar-refractivity contribution >= 4 is 23.3 Å². The van der Waals surface area contributed by atoms with Gasteiger partial charge in [0, 0.05) is 13.0 Å². The third kappa shape index (κ3) is 4.89. The molecule has 6 heteroatoms. The van der Waals surface area contributed by atoms with Crippen LogP contribution in [0.4, 0.5) is 4.79 Å². The number of terminal acetylenes is 1. The van der Waals surface area contributed by atoms with Crippen LogP contribution in [0.5, 0.6) is 0 Å². The van der Waals surface area contributed by atoms with E-state index in [0.717, 1.165) is 5.56 Å². The largest absolute Gasteiger partial charge is 0.480 e. The minimum atomic E-state index is -1.14. The maximum atomic E-state index is 11.4. The zero-order valence-electron chi connectivity index (χ0n) is 9.68. The lowest BCUT2D eigenvalue weighted by Crippen LogP contribution is -2.46. The Kier molecular flexibility index (Phi) is 5.74. The minimum Gasteiger partial charge on any atom is -0.480 e. The summed E-state index contributed by atoms with van der Waals surface area (Å²) in [6.45, 7) is 0.449. The lowest BCUT2D eigenvalue weighted by molar-refractivity contribution is -0.139. The van der Waals surface area contributed by atoms with Gasteiger partial charge in [0.25, 0.3) is 0 Å². The molecule has 0 spiro atoms. The molecule has 0 aliphatic rings. The molecule has 0 aliphatic carbocycles. The van der Waals surface area contributed by atoms with Gasteiger partial charge in [0.1, 0.15) is 6.04 Å². The summed E-state index contributed by atoms with van der Waals surface area (Å²) >= 11 is 1.59. The molecule has 0 saturated heterocycles. The standard InChI is InChI=1S/C12H14N2O3S/c1-2-3-10(11(15)16)14-12(17)13-6-4-9-5-7-18-8-9/h1,5,7-8,10H,3-4,6H2,(H,15,16)(H2,13,14,17). The van der Waals surface area contributed by atoms with E-state index in [-0.39, 0.29) is 6.42 Å². The number of nitrogens with one attached hydrogen (secondary N) is 2. The molecule has 1 heterocycles. The van der Waals surface area contributed by atoms with Gasteiger partial charge in [-0.2, -0.15) is 11.3 Å². The van der Waals surface area contributed by atoms with Gasteiger partial charge in [-0.25, -0.2) is 9.59 Å². The van der Waals surface area contributed by atoms with Crippen molar-refractivity contribution in [1.82, 2.24) is 10.6 Å². The summed E-state index contributed by atoms with van der Waals surface area (Å²) in [6.07, 6.45) is 5.70. The Hall–Kier alpha value is -2.00. The van der Waals surface area contributed by atoms with Crippen LogP contribution in [0.25, 0.3) is 0 Å². The first kappa shape index (κ1) is 14.1. The van der Waals surface area contributed by atoms with Crippen molar-refractivity contribution in [3.8, 4) is 12.3 Å². The van der Waals surface area contributed by atoms with Crippen molar-refractivity contribution in [2.45, 2.75) is 18.9 Å². The SMILES string of the molecule is C#CCC(NC(=O)NCCc1ccsc1)C(=O)O. The molecule has 96 valence electrons. The molecule has 1 aromatic rings. The molecule has 5 nitrogen and oxygen atoms in total. The topological polar surface area (TPSA) is 78.4 Å². The van der Waals surface area contributed by atoms with Crippen LogP contribution < -0.4 is 10.6 Å². The maximum absolute atomic E-state index is 11.4. The van der Waals surface area contributed by atoms with E-state index in [2.05, 4.69) is 16.6 Å². The van der Waals surface area contributed by atoms with Crippen LogP contribution in [0.1, 0.15) is 12.0 Å². The molecule has 1 atom stereocenters. The van der Waals surface area contributed by atoms with E-state index in [0.29, 0.717) is 13.0 Å². The Morgan fingerprint density at radius 3 is 2.89 bits per heavy atom. The fraction of sp³-hybridized carbons (Fsp3) is 0.333. The number of carbonyl (C=O) groups excluding carboxylic acids is 1. The van der Waals surface area contributed by atoms with Crippen LogP contribution in [0.3, 0.4) is 0 Å². The highest BCUT2D eigenvalue weighted by molar-refractivity contribution is 7.07. The molecule has 0 fully saturated rings. The molecule has 1 aromatic heterocycles. The Morgan fingerprint density at radius 2 is 2.33 bits per heavy atom. The number of carbonyl (C=O) groups is 2. The average Bonchev–Trinajstić information content (AvgIpc) is 2.81. The summed E-state index contributed by atoms with van der Waals surface area (Å²) in [4.78, 5) is 22.2. The van der Waals surface area contributed by atoms with Crippen molar-refractivity contribution in [1.29, 1.82) is 0 Å². The van der Waals surface area contributed by atoms with Crippen molar-refractivity contribution < 1.29 is 14.7 Å². The number of urea groups is 1. The van der Waals surface area contributed by atoms with Crippen LogP contribution in [-0.2, 0) is 11.2 Å². The summed E-state index contributed by atoms with van der Waals surface area (Å²) in [7, 11) is 0. The fourth-order valence-corrected chi connectivity index (χ4v) is 1.99. The number of carboxylic acid groups (broad SMARTS) is 1. The zero-order chi connectivity index (χ0) is 13.4. The quantitative estimate of drug-likeness (QED) is 0.674. The van der Waals surface area contributed by atoms with Crippen LogP contribution in [0.15, 0.2) is 16.8 Å². The number of hydrogen-bond donors (Lipinski definition) is 3. The molecular formula is C12H14N2O3S. The van der Waals surface area contributed by atoms with Crippen LogP contribution in [0.2, 0.25) is 0 Å². The van der Waals surface area contributed by atoms with Crippen molar-refractivity contribution in [2.24, 2.45) is 0 Å². The molecular weight excluding hydrogens is 252 g/mol. The van der Waals surface area contributed by atoms with Gasteiger partial charge in [0.05, 0.1) is 0 Å². The molecule has 0 aliphatic heterocycles. The number of amides is 2. The Balaban J connectivity index is 2.28. The first-order chi connectivity index (χ1) is 8.63. The van der Waals surface area contributed by atoms with Crippen molar-refractivity contribution in [3.05, 3.63) is 22.4 Å². The number of carboxylic acids is 1. The predicted molar refractivity (Wildman–Crippen MR) is 69.4 cm³/mol. The van der Waals surface area contributed by atoms with Gasteiger partial charge < -0.3 is 15.7 Å². The van der Waals surface area contributed by atoms with Gasteiger partial charge in [-0.05, 0) is 28.8 Å². The highest BCUT2D eigenvalue weighted by Gasteiger charge is 2.18. The number of thiophene rings is 1. The molecule has 1 rings (SSSR count). The highest BCUT2D eigenvalue weighted by Crippen LogP contribution is 2.05. The smallest absolute Gasteiger partial charge is 0.327 e. The Morgan fingerprint density at radius 1 is 1.56 bits per heavy atom. The summed E-state index contributed by atoms with van der Waals surface area (Å²) < 4.78 is 0. The second kappa shape index (κ2) is 7.35. The van der Waals surface area contributed by atoms with Crippen LogP contribution in [0, 0.1) is 12.3 Å². The molecule has 3 N–H and O–H groups in total. The molecule has 0 radical (unpaired) electrons. The summed E-state index contributed by atoms with van der Waals surface area (Å²) in [5.41, 5.74) is 1.14. The second-order valence-corrected chi connectivity index (χ2v) is 4.36. The number of hydrogen-bond acceptors (Lipinski definition) is 3. The lowest BCUT2D eigenvalue weighted by Gasteiger charge is -2.12. The van der Waals surface area contributed by atoms with Gasteiger partial charge in [-0.1, -0.05) is 0 Å². The molecule has 1 unspecified atom stereocenters. The normalized spacial score (nSPS) is 11.3. The van der Waals surface area contributed by atoms with Crippen LogP contribution >= 0.6 is 11.3 Å². The zero-order valence-corrected chi connectivity index (χ0v) is 10.5. The van der Waals surface area contributed by atoms with E-state index >= 15 is 0 Å². The van der Waals surface area contributed by atoms with E-state index < -0.39 is 18.0 Å². The van der Waals surface area contributed by atoms with Gasteiger partial charge in [-0.15, -0.1) is 12.3 Å². The van der Waals surface area contributed by atoms with Gasteiger partial charge in [0.2, 0.25) is 0 Å². The molecule has 18 heavy (non-hydrogen) atoms. The van der Waals surface area contributed by atoms with E-state index in [9.17, 15) is 9.59 Å². The first-order valence-electron chi connectivity index (χ1n) is 5.35. The average molecular weight is 266 g/mol. The minimum absolute atomic E-state index is 0.0344. The molecule has 0 saturated carbocycles. The van der Waals surface area contributed by atoms with E-state index in [1.54, 1.807) is 11.3 Å². The maximum Gasteiger partial charge on any atom is 0.327 e. The van der Waals surface area contributed by atoms with Crippen molar-refractivity contribution in [2.75, 3.05) is 6.54 Å². The molecule has 0 bridgehead atoms. The third-order valence-corrected chi connectivity index (χ3v) is 2.94. The first-order valence-corrected chi connectivity index (χ1v) is 6.29. The number of aliphatic carboxylic acids is 1. The number of rotatable bonds is 6. The van der Waals surface area contributed by atoms with E-state index in [4.69, 9.17) is 11.5 Å². The summed E-state index contributed by atoms with van der Waals surface area (Å²) in [5.74, 6) is 1.07. The Labute approximate surface area is 109 Å². The molecule has 0 aromatic carbocycles. The lowest BCUT2D eigenvalue weighted by atomic mass is 10.2. The summed E-state index contributed by atoms with van der Waals surface area (Å²) in [5, 5.41) is 17.6. The monoisotopic (exact) mass is 266 g/mol. The summed E-state index contributed by atoms with van der Waals surface area (Å²) in [6, 6.07) is 0.409. The third-order valence-electron chi connectivity index (χ3n) is 2.20. The predicted octanol–water partition coefficient (Wildman–Crippen LogP) is 1.07. The van der Waals surface area contributed by atoms with E-state index in [1.807, 2.05) is 16.8 Å². The van der Waals surface area contributed by atoms with Crippen molar-refractivity contribution in [3.63, 3.8) is 0 Å². The van der Waals surface area contributed by atoms with Gasteiger partial charge in [-0.3, -0.25) is 0 Å². The fourth-order valence-electron chi connectivity index (χ4n) is 1.28. The van der Waals surface area contributed by atoms with E-state index in [1.165, 1.54) is 0 Å². The van der Waals surface area contributed by atoms with Gasteiger partial charge in [0.15, 0.2) is 0 Å². The van der Waals surface area contributed by atoms with Crippen LogP contribution in [-0.4, -0.2) is 29.7 Å². The second-order valence-electron chi connectivity index (χ2n) is 3.58.